The van der Waals surface area contributed by atoms with E-state index in [0.717, 1.165) is 6.61 Å². The molecule has 1 rings (SSSR count). The molecule has 4 heteroatoms. The Labute approximate surface area is 111 Å². The molecule has 18 heavy (non-hydrogen) atoms. The summed E-state index contributed by atoms with van der Waals surface area (Å²) in [5.74, 6) is 0.723. The Kier molecular flexibility index (Phi) is 7.28. The monoisotopic (exact) mass is 256 g/mol. The van der Waals surface area contributed by atoms with Crippen molar-refractivity contribution in [1.29, 1.82) is 0 Å². The Morgan fingerprint density at radius 3 is 2.50 bits per heavy atom. The minimum atomic E-state index is -0.240. The molecule has 0 bridgehead atoms. The van der Waals surface area contributed by atoms with Gasteiger partial charge in [0.05, 0.1) is 6.61 Å². The van der Waals surface area contributed by atoms with E-state index in [0.29, 0.717) is 12.5 Å². The van der Waals surface area contributed by atoms with Crippen molar-refractivity contribution < 1.29 is 9.53 Å². The molecule has 0 spiro atoms. The lowest BCUT2D eigenvalue weighted by Gasteiger charge is -2.23. The Bertz CT molecular complexity index is 238. The maximum Gasteiger partial charge on any atom is 0.239 e. The first-order chi connectivity index (χ1) is 8.63. The third-order valence-electron chi connectivity index (χ3n) is 3.46. The Hall–Kier alpha value is -0.610. The minimum Gasteiger partial charge on any atom is -0.379 e. The van der Waals surface area contributed by atoms with Gasteiger partial charge in [-0.15, -0.1) is 0 Å². The predicted molar refractivity (Wildman–Crippen MR) is 73.5 cm³/mol. The molecular weight excluding hydrogens is 228 g/mol. The molecule has 0 aromatic rings. The number of ether oxygens (including phenoxy) is 1. The molecule has 4 nitrogen and oxygen atoms in total. The molecular formula is C14H28N2O2. The normalized spacial score (nSPS) is 18.9. The van der Waals surface area contributed by atoms with Crippen molar-refractivity contribution in [3.05, 3.63) is 0 Å². The van der Waals surface area contributed by atoms with Crippen LogP contribution < -0.4 is 10.6 Å². The molecule has 1 amide bonds. The van der Waals surface area contributed by atoms with Crippen LogP contribution in [0.15, 0.2) is 0 Å². The van der Waals surface area contributed by atoms with E-state index in [1.807, 2.05) is 13.8 Å². The minimum absolute atomic E-state index is 0.0242. The number of amides is 1. The number of carbonyl (C=O) groups is 1. The maximum absolute atomic E-state index is 11.8. The standard InChI is InChI=1S/C14H28N2O2/c1-11(2)16-14(17)13(15-3)10-18-9-12-7-5-4-6-8-12/h11-13,15H,4-10H2,1-3H3,(H,16,17). The predicted octanol–water partition coefficient (Wildman–Crippen LogP) is 1.70. The third-order valence-corrected chi connectivity index (χ3v) is 3.46. The summed E-state index contributed by atoms with van der Waals surface area (Å²) in [4.78, 5) is 11.8. The van der Waals surface area contributed by atoms with E-state index in [-0.39, 0.29) is 18.0 Å². The van der Waals surface area contributed by atoms with E-state index in [1.54, 1.807) is 7.05 Å². The van der Waals surface area contributed by atoms with E-state index >= 15 is 0 Å². The highest BCUT2D eigenvalue weighted by Gasteiger charge is 2.19. The van der Waals surface area contributed by atoms with Gasteiger partial charge in [-0.1, -0.05) is 19.3 Å². The highest BCUT2D eigenvalue weighted by atomic mass is 16.5. The molecule has 0 heterocycles. The largest absolute Gasteiger partial charge is 0.379 e. The van der Waals surface area contributed by atoms with E-state index in [9.17, 15) is 4.79 Å². The van der Waals surface area contributed by atoms with Crippen LogP contribution in [0.2, 0.25) is 0 Å². The number of likely N-dealkylation sites (N-methyl/N-ethyl adjacent to an activating group) is 1. The number of carbonyl (C=O) groups excluding carboxylic acids is 1. The quantitative estimate of drug-likeness (QED) is 0.729. The number of nitrogens with one attached hydrogen (secondary N) is 2. The Balaban J connectivity index is 2.19. The van der Waals surface area contributed by atoms with Gasteiger partial charge < -0.3 is 15.4 Å². The van der Waals surface area contributed by atoms with Gasteiger partial charge in [-0.3, -0.25) is 4.79 Å². The summed E-state index contributed by atoms with van der Waals surface area (Å²) >= 11 is 0. The molecule has 0 radical (unpaired) electrons. The van der Waals surface area contributed by atoms with Crippen molar-refractivity contribution in [2.75, 3.05) is 20.3 Å². The molecule has 1 unspecified atom stereocenters. The van der Waals surface area contributed by atoms with Crippen molar-refractivity contribution in [1.82, 2.24) is 10.6 Å². The van der Waals surface area contributed by atoms with E-state index in [1.165, 1.54) is 32.1 Å². The van der Waals surface area contributed by atoms with Crippen LogP contribution in [0.4, 0.5) is 0 Å². The second-order valence-electron chi connectivity index (χ2n) is 5.55. The van der Waals surface area contributed by atoms with Crippen molar-refractivity contribution >= 4 is 5.91 Å². The lowest BCUT2D eigenvalue weighted by Crippen LogP contribution is -2.47. The van der Waals surface area contributed by atoms with E-state index in [2.05, 4.69) is 10.6 Å². The zero-order valence-electron chi connectivity index (χ0n) is 12.0. The first-order valence-electron chi connectivity index (χ1n) is 7.19. The summed E-state index contributed by atoms with van der Waals surface area (Å²) < 4.78 is 5.71. The second kappa shape index (κ2) is 8.48. The van der Waals surface area contributed by atoms with Gasteiger partial charge in [0.15, 0.2) is 0 Å². The van der Waals surface area contributed by atoms with Crippen molar-refractivity contribution in [2.45, 2.75) is 58.0 Å². The topological polar surface area (TPSA) is 50.4 Å². The van der Waals surface area contributed by atoms with Crippen molar-refractivity contribution in [3.8, 4) is 0 Å². The molecule has 0 aliphatic heterocycles. The van der Waals surface area contributed by atoms with Gasteiger partial charge in [-0.2, -0.15) is 0 Å². The molecule has 1 saturated carbocycles. The average Bonchev–Trinajstić information content (AvgIpc) is 2.35. The van der Waals surface area contributed by atoms with Gasteiger partial charge in [0, 0.05) is 12.6 Å². The summed E-state index contributed by atoms with van der Waals surface area (Å²) in [6.45, 7) is 5.19. The van der Waals surface area contributed by atoms with E-state index in [4.69, 9.17) is 4.74 Å². The molecule has 0 aromatic carbocycles. The van der Waals surface area contributed by atoms with Gasteiger partial charge in [0.2, 0.25) is 5.91 Å². The van der Waals surface area contributed by atoms with Gasteiger partial charge in [0.1, 0.15) is 6.04 Å². The van der Waals surface area contributed by atoms with Crippen LogP contribution in [0, 0.1) is 5.92 Å². The van der Waals surface area contributed by atoms with Crippen LogP contribution in [0.1, 0.15) is 46.0 Å². The van der Waals surface area contributed by atoms with E-state index < -0.39 is 0 Å². The number of rotatable bonds is 7. The summed E-state index contributed by atoms with van der Waals surface area (Å²) in [6.07, 6.45) is 6.59. The molecule has 1 atom stereocenters. The first kappa shape index (κ1) is 15.4. The lowest BCUT2D eigenvalue weighted by atomic mass is 9.90. The zero-order chi connectivity index (χ0) is 13.4. The Morgan fingerprint density at radius 2 is 1.94 bits per heavy atom. The van der Waals surface area contributed by atoms with Crippen LogP contribution in [-0.2, 0) is 9.53 Å². The van der Waals surface area contributed by atoms with Crippen LogP contribution >= 0.6 is 0 Å². The van der Waals surface area contributed by atoms with Gasteiger partial charge in [0.25, 0.3) is 0 Å². The fourth-order valence-corrected chi connectivity index (χ4v) is 2.38. The van der Waals surface area contributed by atoms with Crippen LogP contribution in [0.5, 0.6) is 0 Å². The number of hydrogen-bond donors (Lipinski definition) is 2. The van der Waals surface area contributed by atoms with Crippen LogP contribution in [0.25, 0.3) is 0 Å². The molecule has 0 aromatic heterocycles. The van der Waals surface area contributed by atoms with Gasteiger partial charge in [-0.25, -0.2) is 0 Å². The lowest BCUT2D eigenvalue weighted by molar-refractivity contribution is -0.125. The van der Waals surface area contributed by atoms with Gasteiger partial charge >= 0.3 is 0 Å². The summed E-state index contributed by atoms with van der Waals surface area (Å²) in [6, 6.07) is -0.0670. The van der Waals surface area contributed by atoms with Crippen molar-refractivity contribution in [2.24, 2.45) is 5.92 Å². The summed E-state index contributed by atoms with van der Waals surface area (Å²) in [7, 11) is 1.80. The molecule has 1 aliphatic rings. The molecule has 1 aliphatic carbocycles. The average molecular weight is 256 g/mol. The molecule has 2 N–H and O–H groups in total. The highest BCUT2D eigenvalue weighted by molar-refractivity contribution is 5.82. The highest BCUT2D eigenvalue weighted by Crippen LogP contribution is 2.23. The summed E-state index contributed by atoms with van der Waals surface area (Å²) in [5, 5.41) is 5.91. The van der Waals surface area contributed by atoms with Crippen molar-refractivity contribution in [3.63, 3.8) is 0 Å². The maximum atomic E-state index is 11.8. The van der Waals surface area contributed by atoms with Gasteiger partial charge in [-0.05, 0) is 39.7 Å². The fourth-order valence-electron chi connectivity index (χ4n) is 2.38. The number of hydrogen-bond acceptors (Lipinski definition) is 3. The zero-order valence-corrected chi connectivity index (χ0v) is 12.0. The smallest absolute Gasteiger partial charge is 0.239 e. The van der Waals surface area contributed by atoms with Crippen LogP contribution in [-0.4, -0.2) is 38.3 Å². The Morgan fingerprint density at radius 1 is 1.28 bits per heavy atom. The van der Waals surface area contributed by atoms with Crippen LogP contribution in [0.3, 0.4) is 0 Å². The second-order valence-corrected chi connectivity index (χ2v) is 5.55. The first-order valence-corrected chi connectivity index (χ1v) is 7.19. The summed E-state index contributed by atoms with van der Waals surface area (Å²) in [5.41, 5.74) is 0. The molecule has 1 fully saturated rings. The third kappa shape index (κ3) is 5.83. The fraction of sp³-hybridized carbons (Fsp3) is 0.929. The molecule has 106 valence electrons. The molecule has 0 saturated heterocycles. The SMILES string of the molecule is CNC(COCC1CCCCC1)C(=O)NC(C)C.